The summed E-state index contributed by atoms with van der Waals surface area (Å²) < 4.78 is 4.43. The molecule has 0 bridgehead atoms. The van der Waals surface area contributed by atoms with E-state index >= 15 is 0 Å². The Morgan fingerprint density at radius 2 is 1.82 bits per heavy atom. The summed E-state index contributed by atoms with van der Waals surface area (Å²) >= 11 is 0. The van der Waals surface area contributed by atoms with Crippen molar-refractivity contribution in [3.63, 3.8) is 0 Å². The zero-order valence-corrected chi connectivity index (χ0v) is 10.7. The number of nitrogens with zero attached hydrogens (tertiary/aromatic N) is 1. The van der Waals surface area contributed by atoms with Crippen LogP contribution in [-0.4, -0.2) is 43.6 Å². The van der Waals surface area contributed by atoms with E-state index in [4.69, 9.17) is 0 Å². The van der Waals surface area contributed by atoms with E-state index in [2.05, 4.69) is 10.1 Å². The highest BCUT2D eigenvalue weighted by Gasteiger charge is 2.21. The van der Waals surface area contributed by atoms with E-state index in [1.807, 2.05) is 7.05 Å². The van der Waals surface area contributed by atoms with Crippen LogP contribution in [0.2, 0.25) is 0 Å². The number of rotatable bonds is 3. The fraction of sp³-hybridized carbons (Fsp3) is 0.833. The SMILES string of the molecule is COC(=O)NCC(=O)N(C)C1CCCCCC1. The number of hydrogen-bond acceptors (Lipinski definition) is 3. The first-order valence-electron chi connectivity index (χ1n) is 6.22. The lowest BCUT2D eigenvalue weighted by molar-refractivity contribution is -0.131. The van der Waals surface area contributed by atoms with Gasteiger partial charge in [-0.3, -0.25) is 4.79 Å². The van der Waals surface area contributed by atoms with Crippen LogP contribution in [0, 0.1) is 0 Å². The van der Waals surface area contributed by atoms with Crippen LogP contribution in [0.1, 0.15) is 38.5 Å². The third-order valence-electron chi connectivity index (χ3n) is 3.34. The Bertz CT molecular complexity index is 260. The van der Waals surface area contributed by atoms with Crippen molar-refractivity contribution in [2.24, 2.45) is 0 Å². The third-order valence-corrected chi connectivity index (χ3v) is 3.34. The van der Waals surface area contributed by atoms with Crippen molar-refractivity contribution in [3.05, 3.63) is 0 Å². The molecule has 0 radical (unpaired) electrons. The fourth-order valence-corrected chi connectivity index (χ4v) is 2.19. The molecule has 0 aromatic carbocycles. The first kappa shape index (κ1) is 13.8. The van der Waals surface area contributed by atoms with Crippen molar-refractivity contribution in [2.75, 3.05) is 20.7 Å². The minimum atomic E-state index is -0.562. The molecule has 5 heteroatoms. The van der Waals surface area contributed by atoms with Gasteiger partial charge in [0.25, 0.3) is 0 Å². The van der Waals surface area contributed by atoms with Crippen LogP contribution in [0.4, 0.5) is 4.79 Å². The number of carbonyl (C=O) groups excluding carboxylic acids is 2. The van der Waals surface area contributed by atoms with Gasteiger partial charge in [-0.15, -0.1) is 0 Å². The van der Waals surface area contributed by atoms with Crippen LogP contribution in [-0.2, 0) is 9.53 Å². The van der Waals surface area contributed by atoms with Gasteiger partial charge in [-0.05, 0) is 12.8 Å². The molecule has 0 atom stereocenters. The Labute approximate surface area is 102 Å². The number of amides is 2. The maximum atomic E-state index is 11.8. The van der Waals surface area contributed by atoms with E-state index in [1.54, 1.807) is 4.90 Å². The lowest BCUT2D eigenvalue weighted by Crippen LogP contribution is -2.43. The number of likely N-dealkylation sites (N-methyl/N-ethyl adjacent to an activating group) is 1. The molecule has 98 valence electrons. The van der Waals surface area contributed by atoms with Gasteiger partial charge >= 0.3 is 6.09 Å². The molecule has 0 spiro atoms. The molecule has 0 saturated heterocycles. The Hall–Kier alpha value is -1.26. The number of carbonyl (C=O) groups is 2. The molecule has 2 amide bonds. The largest absolute Gasteiger partial charge is 0.453 e. The molecule has 0 aliphatic heterocycles. The van der Waals surface area contributed by atoms with Gasteiger partial charge < -0.3 is 15.0 Å². The highest BCUT2D eigenvalue weighted by Crippen LogP contribution is 2.20. The lowest BCUT2D eigenvalue weighted by Gasteiger charge is -2.27. The van der Waals surface area contributed by atoms with Gasteiger partial charge in [0.15, 0.2) is 0 Å². The van der Waals surface area contributed by atoms with Crippen molar-refractivity contribution in [1.29, 1.82) is 0 Å². The normalized spacial score (nSPS) is 17.1. The zero-order chi connectivity index (χ0) is 12.7. The number of alkyl carbamates (subject to hydrolysis) is 1. The van der Waals surface area contributed by atoms with Gasteiger partial charge in [-0.1, -0.05) is 25.7 Å². The predicted molar refractivity (Wildman–Crippen MR) is 64.7 cm³/mol. The van der Waals surface area contributed by atoms with Crippen LogP contribution in [0.15, 0.2) is 0 Å². The van der Waals surface area contributed by atoms with Crippen LogP contribution < -0.4 is 5.32 Å². The van der Waals surface area contributed by atoms with Crippen molar-refractivity contribution < 1.29 is 14.3 Å². The van der Waals surface area contributed by atoms with Crippen molar-refractivity contribution in [1.82, 2.24) is 10.2 Å². The summed E-state index contributed by atoms with van der Waals surface area (Å²) in [5, 5.41) is 2.42. The molecule has 17 heavy (non-hydrogen) atoms. The highest BCUT2D eigenvalue weighted by molar-refractivity contribution is 5.82. The van der Waals surface area contributed by atoms with E-state index in [-0.39, 0.29) is 12.5 Å². The van der Waals surface area contributed by atoms with Crippen molar-refractivity contribution in [3.8, 4) is 0 Å². The maximum absolute atomic E-state index is 11.8. The Kier molecular flexibility index (Phi) is 5.80. The van der Waals surface area contributed by atoms with Crippen LogP contribution >= 0.6 is 0 Å². The van der Waals surface area contributed by atoms with Gasteiger partial charge in [0, 0.05) is 13.1 Å². The molecule has 0 unspecified atom stereocenters. The topological polar surface area (TPSA) is 58.6 Å². The van der Waals surface area contributed by atoms with Crippen LogP contribution in [0.5, 0.6) is 0 Å². The molecule has 0 aromatic rings. The molecule has 1 rings (SSSR count). The van der Waals surface area contributed by atoms with E-state index in [0.29, 0.717) is 6.04 Å². The molecular formula is C12H22N2O3. The van der Waals surface area contributed by atoms with E-state index < -0.39 is 6.09 Å². The fourth-order valence-electron chi connectivity index (χ4n) is 2.19. The molecule has 5 nitrogen and oxygen atoms in total. The van der Waals surface area contributed by atoms with Crippen molar-refractivity contribution in [2.45, 2.75) is 44.6 Å². The van der Waals surface area contributed by atoms with Gasteiger partial charge in [0.1, 0.15) is 6.54 Å². The predicted octanol–water partition coefficient (Wildman–Crippen LogP) is 1.52. The van der Waals surface area contributed by atoms with Crippen LogP contribution in [0.25, 0.3) is 0 Å². The summed E-state index contributed by atoms with van der Waals surface area (Å²) in [7, 11) is 3.10. The number of hydrogen-bond donors (Lipinski definition) is 1. The summed E-state index contributed by atoms with van der Waals surface area (Å²) in [5.41, 5.74) is 0. The quantitative estimate of drug-likeness (QED) is 0.763. The molecule has 0 heterocycles. The smallest absolute Gasteiger partial charge is 0.407 e. The third kappa shape index (κ3) is 4.63. The molecular weight excluding hydrogens is 220 g/mol. The second-order valence-corrected chi connectivity index (χ2v) is 4.50. The molecule has 0 aromatic heterocycles. The lowest BCUT2D eigenvalue weighted by atomic mass is 10.1. The van der Waals surface area contributed by atoms with E-state index in [0.717, 1.165) is 12.8 Å². The Morgan fingerprint density at radius 3 is 2.35 bits per heavy atom. The van der Waals surface area contributed by atoms with Gasteiger partial charge in [0.05, 0.1) is 7.11 Å². The maximum Gasteiger partial charge on any atom is 0.407 e. The number of methoxy groups -OCH3 is 1. The average molecular weight is 242 g/mol. The zero-order valence-electron chi connectivity index (χ0n) is 10.7. The summed E-state index contributed by atoms with van der Waals surface area (Å²) in [6.45, 7) is 0.0136. The monoisotopic (exact) mass is 242 g/mol. The average Bonchev–Trinajstić information content (AvgIpc) is 2.63. The minimum absolute atomic E-state index is 0.0136. The first-order chi connectivity index (χ1) is 8.15. The van der Waals surface area contributed by atoms with Crippen molar-refractivity contribution >= 4 is 12.0 Å². The Balaban J connectivity index is 2.36. The summed E-state index contributed by atoms with van der Waals surface area (Å²) in [4.78, 5) is 24.5. The molecule has 1 fully saturated rings. The number of ether oxygens (including phenoxy) is 1. The second kappa shape index (κ2) is 7.14. The summed E-state index contributed by atoms with van der Waals surface area (Å²) in [5.74, 6) is -0.0534. The molecule has 1 aliphatic carbocycles. The van der Waals surface area contributed by atoms with Gasteiger partial charge in [-0.2, -0.15) is 0 Å². The minimum Gasteiger partial charge on any atom is -0.453 e. The summed E-state index contributed by atoms with van der Waals surface area (Å²) in [6, 6.07) is 0.324. The first-order valence-corrected chi connectivity index (χ1v) is 6.22. The second-order valence-electron chi connectivity index (χ2n) is 4.50. The Morgan fingerprint density at radius 1 is 1.24 bits per heavy atom. The molecule has 1 aliphatic rings. The number of nitrogens with one attached hydrogen (secondary N) is 1. The standard InChI is InChI=1S/C12H22N2O3/c1-14(10-7-5-3-4-6-8-10)11(15)9-13-12(16)17-2/h10H,3-9H2,1-2H3,(H,13,16). The van der Waals surface area contributed by atoms with Gasteiger partial charge in [-0.25, -0.2) is 4.79 Å². The van der Waals surface area contributed by atoms with Gasteiger partial charge in [0.2, 0.25) is 5.91 Å². The van der Waals surface area contributed by atoms with E-state index in [1.165, 1.54) is 32.8 Å². The molecule has 1 N–H and O–H groups in total. The van der Waals surface area contributed by atoms with E-state index in [9.17, 15) is 9.59 Å². The highest BCUT2D eigenvalue weighted by atomic mass is 16.5. The van der Waals surface area contributed by atoms with Crippen LogP contribution in [0.3, 0.4) is 0 Å². The molecule has 1 saturated carbocycles. The summed E-state index contributed by atoms with van der Waals surface area (Å²) in [6.07, 6.45) is 6.48.